The number of aromatic nitrogens is 3. The molecule has 9 heteroatoms. The van der Waals surface area contributed by atoms with Gasteiger partial charge in [-0.3, -0.25) is 0 Å². The molecule has 0 bridgehead atoms. The number of hydrogen-bond donors (Lipinski definition) is 1. The molecule has 1 aliphatic rings. The van der Waals surface area contributed by atoms with Crippen LogP contribution in [0.25, 0.3) is 22.3 Å². The zero-order valence-electron chi connectivity index (χ0n) is 15.2. The number of aryl methyl sites for hydroxylation is 1. The third kappa shape index (κ3) is 4.03. The van der Waals surface area contributed by atoms with Crippen LogP contribution in [0.5, 0.6) is 0 Å². The Morgan fingerprint density at radius 2 is 1.75 bits per heavy atom. The standard InChI is InChI=1S/C19H19F3N4S.ClH/c1-12-23-16-11-15(13-5-7-14(8-6-13)27(22)19(20)21)25-17(16)18(24-12)26-9-3-2-4-10-26;/h5-8,11,25H,2-4,9-10H2,1H3;1H. The van der Waals surface area contributed by atoms with Crippen LogP contribution in [0, 0.1) is 6.92 Å². The van der Waals surface area contributed by atoms with E-state index in [2.05, 4.69) is 19.9 Å². The summed E-state index contributed by atoms with van der Waals surface area (Å²) >= 11 is 0. The minimum absolute atomic E-state index is 0. The predicted octanol–water partition coefficient (Wildman–Crippen LogP) is 5.88. The van der Waals surface area contributed by atoms with Gasteiger partial charge in [-0.2, -0.15) is 12.7 Å². The highest BCUT2D eigenvalue weighted by atomic mass is 35.5. The van der Waals surface area contributed by atoms with E-state index in [1.165, 1.54) is 18.6 Å². The van der Waals surface area contributed by atoms with Crippen molar-refractivity contribution in [3.63, 3.8) is 0 Å². The maximum absolute atomic E-state index is 13.5. The largest absolute Gasteiger partial charge is 0.355 e. The van der Waals surface area contributed by atoms with Gasteiger partial charge in [0.2, 0.25) is 0 Å². The molecule has 0 radical (unpaired) electrons. The molecule has 0 saturated carbocycles. The van der Waals surface area contributed by atoms with Crippen molar-refractivity contribution in [2.75, 3.05) is 18.0 Å². The third-order valence-electron chi connectivity index (χ3n) is 4.73. The van der Waals surface area contributed by atoms with Crippen LogP contribution in [-0.2, 0) is 0 Å². The molecular formula is C19H20ClF3N4S. The molecule has 1 aromatic carbocycles. The maximum atomic E-state index is 13.5. The van der Waals surface area contributed by atoms with E-state index < -0.39 is 16.2 Å². The summed E-state index contributed by atoms with van der Waals surface area (Å²) in [7, 11) is -2.63. The fourth-order valence-electron chi connectivity index (χ4n) is 3.44. The molecular weight excluding hydrogens is 409 g/mol. The van der Waals surface area contributed by atoms with Crippen LogP contribution in [0.1, 0.15) is 25.1 Å². The summed E-state index contributed by atoms with van der Waals surface area (Å²) in [5.74, 6) is 1.61. The molecule has 1 N–H and O–H groups in total. The van der Waals surface area contributed by atoms with E-state index in [9.17, 15) is 12.7 Å². The van der Waals surface area contributed by atoms with Gasteiger partial charge in [-0.15, -0.1) is 12.4 Å². The molecule has 0 aliphatic carbocycles. The van der Waals surface area contributed by atoms with E-state index in [4.69, 9.17) is 0 Å². The average molecular weight is 429 g/mol. The Kier molecular flexibility index (Phi) is 6.30. The van der Waals surface area contributed by atoms with Gasteiger partial charge in [0.15, 0.2) is 5.82 Å². The smallest absolute Gasteiger partial charge is 0.328 e. The normalized spacial score (nSPS) is 15.4. The van der Waals surface area contributed by atoms with Crippen LogP contribution in [0.2, 0.25) is 0 Å². The number of fused-ring (bicyclic) bond motifs is 1. The summed E-state index contributed by atoms with van der Waals surface area (Å²) in [6, 6.07) is 7.99. The molecule has 1 atom stereocenters. The van der Waals surface area contributed by atoms with Crippen LogP contribution in [0.4, 0.5) is 18.5 Å². The molecule has 1 fully saturated rings. The highest BCUT2D eigenvalue weighted by molar-refractivity contribution is 8.11. The molecule has 0 spiro atoms. The number of rotatable bonds is 3. The molecule has 1 unspecified atom stereocenters. The number of anilines is 1. The highest BCUT2D eigenvalue weighted by Gasteiger charge is 2.18. The van der Waals surface area contributed by atoms with Gasteiger partial charge in [-0.05, 0) is 49.9 Å². The summed E-state index contributed by atoms with van der Waals surface area (Å²) in [5.41, 5.74) is 3.28. The second-order valence-corrected chi connectivity index (χ2v) is 7.88. The van der Waals surface area contributed by atoms with Crippen molar-refractivity contribution >= 4 is 45.5 Å². The van der Waals surface area contributed by atoms with Crippen molar-refractivity contribution in [1.82, 2.24) is 15.0 Å². The van der Waals surface area contributed by atoms with Gasteiger partial charge in [0, 0.05) is 23.7 Å². The summed E-state index contributed by atoms with van der Waals surface area (Å²) in [6.45, 7) is 3.82. The molecule has 1 aliphatic heterocycles. The highest BCUT2D eigenvalue weighted by Crippen LogP contribution is 2.34. The van der Waals surface area contributed by atoms with Crippen molar-refractivity contribution in [1.29, 1.82) is 0 Å². The molecule has 0 amide bonds. The monoisotopic (exact) mass is 428 g/mol. The van der Waals surface area contributed by atoms with Gasteiger partial charge in [0.1, 0.15) is 11.3 Å². The first kappa shape index (κ1) is 20.7. The zero-order valence-corrected chi connectivity index (χ0v) is 16.8. The Labute approximate surface area is 169 Å². The second-order valence-electron chi connectivity index (χ2n) is 6.59. The van der Waals surface area contributed by atoms with Crippen LogP contribution in [0.3, 0.4) is 0 Å². The topological polar surface area (TPSA) is 44.8 Å². The van der Waals surface area contributed by atoms with Gasteiger partial charge >= 0.3 is 5.37 Å². The molecule has 4 nitrogen and oxygen atoms in total. The Morgan fingerprint density at radius 3 is 2.39 bits per heavy atom. The molecule has 4 rings (SSSR count). The Hall–Kier alpha value is -2.06. The lowest BCUT2D eigenvalue weighted by Gasteiger charge is -2.28. The van der Waals surface area contributed by atoms with Gasteiger partial charge in [0.25, 0.3) is 0 Å². The molecule has 2 aromatic heterocycles. The number of piperidine rings is 1. The Balaban J connectivity index is 0.00000225. The van der Waals surface area contributed by atoms with Crippen molar-refractivity contribution in [3.8, 4) is 11.3 Å². The van der Waals surface area contributed by atoms with Crippen molar-refractivity contribution < 1.29 is 12.7 Å². The minimum Gasteiger partial charge on any atom is -0.355 e. The first-order chi connectivity index (χ1) is 13.0. The average Bonchev–Trinajstić information content (AvgIpc) is 3.11. The van der Waals surface area contributed by atoms with Crippen LogP contribution in [0.15, 0.2) is 35.2 Å². The van der Waals surface area contributed by atoms with E-state index >= 15 is 0 Å². The number of H-pyrrole nitrogens is 1. The predicted molar refractivity (Wildman–Crippen MR) is 112 cm³/mol. The molecule has 3 aromatic rings. The molecule has 150 valence electrons. The van der Waals surface area contributed by atoms with Gasteiger partial charge in [0.05, 0.1) is 16.4 Å². The lowest BCUT2D eigenvalue weighted by molar-refractivity contribution is 0.574. The van der Waals surface area contributed by atoms with E-state index in [0.29, 0.717) is 5.82 Å². The molecule has 1 saturated heterocycles. The van der Waals surface area contributed by atoms with Crippen molar-refractivity contribution in [2.24, 2.45) is 0 Å². The summed E-state index contributed by atoms with van der Waals surface area (Å²) in [5, 5.41) is -2.20. The van der Waals surface area contributed by atoms with Crippen molar-refractivity contribution in [3.05, 3.63) is 36.2 Å². The van der Waals surface area contributed by atoms with Crippen LogP contribution >= 0.6 is 23.3 Å². The summed E-state index contributed by atoms with van der Waals surface area (Å²) < 4.78 is 38.4. The van der Waals surface area contributed by atoms with Crippen LogP contribution < -0.4 is 4.90 Å². The quantitative estimate of drug-likeness (QED) is 0.418. The van der Waals surface area contributed by atoms with E-state index in [-0.39, 0.29) is 17.3 Å². The maximum Gasteiger partial charge on any atom is 0.328 e. The van der Waals surface area contributed by atoms with E-state index in [0.717, 1.165) is 54.0 Å². The number of nitrogens with zero attached hydrogens (tertiary/aromatic N) is 3. The fourth-order valence-corrected chi connectivity index (χ4v) is 4.00. The van der Waals surface area contributed by atoms with E-state index in [1.807, 2.05) is 13.0 Å². The number of aromatic amines is 1. The number of nitrogens with one attached hydrogen (secondary N) is 1. The lowest BCUT2D eigenvalue weighted by Crippen LogP contribution is -2.30. The van der Waals surface area contributed by atoms with Gasteiger partial charge in [-0.1, -0.05) is 12.1 Å². The number of benzene rings is 1. The molecule has 3 heterocycles. The first-order valence-electron chi connectivity index (χ1n) is 8.84. The minimum atomic E-state index is -2.63. The third-order valence-corrected chi connectivity index (χ3v) is 5.69. The Bertz CT molecular complexity index is 1010. The van der Waals surface area contributed by atoms with Gasteiger partial charge in [-0.25, -0.2) is 9.97 Å². The van der Waals surface area contributed by atoms with E-state index in [1.54, 1.807) is 12.1 Å². The first-order valence-corrected chi connectivity index (χ1v) is 9.96. The molecule has 28 heavy (non-hydrogen) atoms. The summed E-state index contributed by atoms with van der Waals surface area (Å²) in [4.78, 5) is 14.8. The van der Waals surface area contributed by atoms with Crippen molar-refractivity contribution in [2.45, 2.75) is 31.1 Å². The second kappa shape index (κ2) is 8.53. The number of halogens is 4. The van der Waals surface area contributed by atoms with Crippen LogP contribution in [-0.4, -0.2) is 33.4 Å². The van der Waals surface area contributed by atoms with Gasteiger partial charge < -0.3 is 9.88 Å². The lowest BCUT2D eigenvalue weighted by atomic mass is 10.1. The number of hydrogen-bond acceptors (Lipinski definition) is 3. The Morgan fingerprint density at radius 1 is 1.07 bits per heavy atom. The fraction of sp³-hybridized carbons (Fsp3) is 0.316. The SMILES string of the molecule is Cc1nc(N2CCCCC2)c2[nH]c(-c3ccc(S(F)=C(F)F)cc3)cc2n1.Cl. The zero-order chi connectivity index (χ0) is 19.0. The summed E-state index contributed by atoms with van der Waals surface area (Å²) in [6.07, 6.45) is 3.53.